The average Bonchev–Trinajstić information content (AvgIpc) is 2.75. The zero-order valence-electron chi connectivity index (χ0n) is 19.5. The van der Waals surface area contributed by atoms with Gasteiger partial charge in [-0.15, -0.1) is 0 Å². The van der Waals surface area contributed by atoms with Crippen molar-refractivity contribution < 1.29 is 18.0 Å². The highest BCUT2D eigenvalue weighted by Crippen LogP contribution is 2.21. The third kappa shape index (κ3) is 7.28. The number of carbonyl (C=O) groups excluding carboxylic acids is 2. The number of halogens is 1. The largest absolute Gasteiger partial charge is 0.352 e. The zero-order valence-corrected chi connectivity index (χ0v) is 21.9. The number of rotatable bonds is 10. The summed E-state index contributed by atoms with van der Waals surface area (Å²) < 4.78 is 29.0. The summed E-state index contributed by atoms with van der Waals surface area (Å²) in [4.78, 5) is 27.7. The third-order valence-electron chi connectivity index (χ3n) is 4.90. The van der Waals surface area contributed by atoms with E-state index >= 15 is 0 Å². The second-order valence-corrected chi connectivity index (χ2v) is 11.1. The van der Waals surface area contributed by atoms with Crippen LogP contribution in [0.25, 0.3) is 0 Å². The van der Waals surface area contributed by atoms with E-state index in [4.69, 9.17) is 0 Å². The number of hydrogen-bond donors (Lipinski definition) is 1. The van der Waals surface area contributed by atoms with E-state index in [2.05, 4.69) is 21.2 Å². The molecule has 2 aromatic rings. The van der Waals surface area contributed by atoms with Crippen molar-refractivity contribution in [2.24, 2.45) is 0 Å². The quantitative estimate of drug-likeness (QED) is 0.503. The molecule has 0 aromatic heterocycles. The highest BCUT2D eigenvalue weighted by atomic mass is 79.9. The van der Waals surface area contributed by atoms with Gasteiger partial charge in [0.2, 0.25) is 11.8 Å². The molecule has 10 heteroatoms. The molecule has 0 aliphatic rings. The van der Waals surface area contributed by atoms with E-state index in [9.17, 15) is 18.0 Å². The van der Waals surface area contributed by atoms with Gasteiger partial charge in [-0.05, 0) is 50.6 Å². The van der Waals surface area contributed by atoms with Crippen molar-refractivity contribution >= 4 is 43.6 Å². The van der Waals surface area contributed by atoms with Crippen LogP contribution >= 0.6 is 15.9 Å². The molecular weight excluding hydrogens is 508 g/mol. The van der Waals surface area contributed by atoms with Crippen LogP contribution in [0.5, 0.6) is 0 Å². The van der Waals surface area contributed by atoms with Crippen molar-refractivity contribution in [3.8, 4) is 0 Å². The van der Waals surface area contributed by atoms with Gasteiger partial charge in [-0.2, -0.15) is 12.7 Å². The Hall–Kier alpha value is -2.43. The van der Waals surface area contributed by atoms with Crippen LogP contribution in [0.3, 0.4) is 0 Å². The van der Waals surface area contributed by atoms with Gasteiger partial charge in [-0.25, -0.2) is 4.31 Å². The van der Waals surface area contributed by atoms with Crippen molar-refractivity contribution in [2.45, 2.75) is 39.4 Å². The van der Waals surface area contributed by atoms with Crippen molar-refractivity contribution in [2.75, 3.05) is 24.9 Å². The van der Waals surface area contributed by atoms with E-state index in [1.807, 2.05) is 38.1 Å². The normalized spacial score (nSPS) is 12.5. The number of benzene rings is 2. The summed E-state index contributed by atoms with van der Waals surface area (Å²) in [6.45, 7) is 5.02. The Kier molecular flexibility index (Phi) is 9.45. The molecule has 2 aromatic carbocycles. The van der Waals surface area contributed by atoms with Gasteiger partial charge in [0, 0.05) is 31.2 Å². The van der Waals surface area contributed by atoms with Gasteiger partial charge in [0.05, 0.1) is 5.69 Å². The Morgan fingerprint density at radius 2 is 1.64 bits per heavy atom. The molecule has 0 saturated heterocycles. The number of amides is 2. The van der Waals surface area contributed by atoms with E-state index in [-0.39, 0.29) is 18.5 Å². The maximum absolute atomic E-state index is 13.5. The Bertz CT molecular complexity index is 1060. The topological polar surface area (TPSA) is 90.0 Å². The fourth-order valence-electron chi connectivity index (χ4n) is 3.13. The number of nitrogens with zero attached hydrogens (tertiary/aromatic N) is 3. The fraction of sp³-hybridized carbons (Fsp3) is 0.391. The minimum atomic E-state index is -3.95. The van der Waals surface area contributed by atoms with E-state index in [0.717, 1.165) is 18.6 Å². The smallest absolute Gasteiger partial charge is 0.304 e. The van der Waals surface area contributed by atoms with E-state index in [1.54, 1.807) is 37.3 Å². The Morgan fingerprint density at radius 1 is 1.00 bits per heavy atom. The van der Waals surface area contributed by atoms with Crippen molar-refractivity contribution in [1.29, 1.82) is 0 Å². The minimum absolute atomic E-state index is 0.0993. The summed E-state index contributed by atoms with van der Waals surface area (Å²) in [5, 5.41) is 2.83. The molecule has 33 heavy (non-hydrogen) atoms. The lowest BCUT2D eigenvalue weighted by Crippen LogP contribution is -2.53. The minimum Gasteiger partial charge on any atom is -0.352 e. The summed E-state index contributed by atoms with van der Waals surface area (Å²) >= 11 is 3.42. The Morgan fingerprint density at radius 3 is 2.18 bits per heavy atom. The summed E-state index contributed by atoms with van der Waals surface area (Å²) in [5.74, 6) is -0.800. The average molecular weight is 539 g/mol. The SMILES string of the molecule is CC(C)NC(=O)[C@H](C)N(Cc1cccc(Br)c1)C(=O)CN(c1ccccc1)S(=O)(=O)N(C)C. The molecule has 0 unspecified atom stereocenters. The number of hydrogen-bond acceptors (Lipinski definition) is 4. The second kappa shape index (κ2) is 11.6. The van der Waals surface area contributed by atoms with Gasteiger partial charge < -0.3 is 10.2 Å². The van der Waals surface area contributed by atoms with Gasteiger partial charge in [-0.3, -0.25) is 9.59 Å². The lowest BCUT2D eigenvalue weighted by molar-refractivity contribution is -0.139. The molecule has 2 amide bonds. The first-order chi connectivity index (χ1) is 15.4. The lowest BCUT2D eigenvalue weighted by Gasteiger charge is -2.33. The van der Waals surface area contributed by atoms with Crippen LogP contribution in [-0.2, 0) is 26.3 Å². The van der Waals surface area contributed by atoms with E-state index < -0.39 is 28.7 Å². The summed E-state index contributed by atoms with van der Waals surface area (Å²) in [6, 6.07) is 14.9. The number of carbonyl (C=O) groups is 2. The van der Waals surface area contributed by atoms with Crippen molar-refractivity contribution in [3.63, 3.8) is 0 Å². The molecule has 0 aliphatic carbocycles. The van der Waals surface area contributed by atoms with Crippen LogP contribution in [0.1, 0.15) is 26.3 Å². The first-order valence-electron chi connectivity index (χ1n) is 10.5. The van der Waals surface area contributed by atoms with Gasteiger partial charge in [0.25, 0.3) is 0 Å². The molecule has 180 valence electrons. The van der Waals surface area contributed by atoms with Crippen LogP contribution in [0.4, 0.5) is 5.69 Å². The predicted octanol–water partition coefficient (Wildman–Crippen LogP) is 3.00. The Balaban J connectivity index is 2.43. The summed E-state index contributed by atoms with van der Waals surface area (Å²) in [7, 11) is -1.13. The highest BCUT2D eigenvalue weighted by molar-refractivity contribution is 9.10. The molecule has 0 heterocycles. The fourth-order valence-corrected chi connectivity index (χ4v) is 4.63. The van der Waals surface area contributed by atoms with Crippen molar-refractivity contribution in [1.82, 2.24) is 14.5 Å². The Labute approximate surface area is 204 Å². The number of anilines is 1. The molecule has 8 nitrogen and oxygen atoms in total. The van der Waals surface area contributed by atoms with Gasteiger partial charge in [0.1, 0.15) is 12.6 Å². The molecule has 0 saturated carbocycles. The maximum Gasteiger partial charge on any atom is 0.304 e. The van der Waals surface area contributed by atoms with Gasteiger partial charge >= 0.3 is 10.2 Å². The highest BCUT2D eigenvalue weighted by Gasteiger charge is 2.32. The lowest BCUT2D eigenvalue weighted by atomic mass is 10.1. The monoisotopic (exact) mass is 538 g/mol. The maximum atomic E-state index is 13.5. The van der Waals surface area contributed by atoms with Gasteiger partial charge in [0.15, 0.2) is 0 Å². The van der Waals surface area contributed by atoms with Crippen LogP contribution < -0.4 is 9.62 Å². The van der Waals surface area contributed by atoms with E-state index in [0.29, 0.717) is 5.69 Å². The zero-order chi connectivity index (χ0) is 24.8. The van der Waals surface area contributed by atoms with Crippen LogP contribution in [-0.4, -0.2) is 62.2 Å². The van der Waals surface area contributed by atoms with Crippen molar-refractivity contribution in [3.05, 3.63) is 64.6 Å². The number of para-hydroxylation sites is 1. The van der Waals surface area contributed by atoms with E-state index in [1.165, 1.54) is 19.0 Å². The molecule has 0 fully saturated rings. The summed E-state index contributed by atoms with van der Waals surface area (Å²) in [5.41, 5.74) is 1.17. The first-order valence-corrected chi connectivity index (χ1v) is 12.7. The molecule has 0 aliphatic heterocycles. The van der Waals surface area contributed by atoms with Crippen LogP contribution in [0.15, 0.2) is 59.1 Å². The molecule has 1 N–H and O–H groups in total. The second-order valence-electron chi connectivity index (χ2n) is 8.12. The van der Waals surface area contributed by atoms with Crippen LogP contribution in [0.2, 0.25) is 0 Å². The predicted molar refractivity (Wildman–Crippen MR) is 134 cm³/mol. The molecule has 0 spiro atoms. The first kappa shape index (κ1) is 26.8. The molecular formula is C23H31BrN4O4S. The standard InChI is InChI=1S/C23H31BrN4O4S/c1-17(2)25-23(30)18(3)27(15-19-10-9-11-20(24)14-19)22(29)16-28(33(31,32)26(4)5)21-12-7-6-8-13-21/h6-14,17-18H,15-16H2,1-5H3,(H,25,30)/t18-/m0/s1. The number of nitrogens with one attached hydrogen (secondary N) is 1. The molecule has 1 atom stereocenters. The summed E-state index contributed by atoms with van der Waals surface area (Å²) in [6.07, 6.45) is 0. The molecule has 0 radical (unpaired) electrons. The molecule has 2 rings (SSSR count). The van der Waals surface area contributed by atoms with Crippen LogP contribution in [0, 0.1) is 0 Å². The van der Waals surface area contributed by atoms with Gasteiger partial charge in [-0.1, -0.05) is 46.3 Å². The molecule has 0 bridgehead atoms. The third-order valence-corrected chi connectivity index (χ3v) is 7.22.